The Hall–Kier alpha value is -3.15. The molecule has 7 heterocycles. The summed E-state index contributed by atoms with van der Waals surface area (Å²) in [7, 11) is 0. The summed E-state index contributed by atoms with van der Waals surface area (Å²) in [6.07, 6.45) is 4.25. The van der Waals surface area contributed by atoms with Gasteiger partial charge in [0.15, 0.2) is 0 Å². The number of carbonyl (C=O) groups is 6. The van der Waals surface area contributed by atoms with E-state index >= 15 is 0 Å². The second kappa shape index (κ2) is 29.3. The molecule has 0 unspecified atom stereocenters. The van der Waals surface area contributed by atoms with Crippen LogP contribution in [-0.4, -0.2) is 133 Å². The number of imide groups is 2. The van der Waals surface area contributed by atoms with Gasteiger partial charge in [0.1, 0.15) is 0 Å². The average Bonchev–Trinajstić information content (AvgIpc) is 3.82. The van der Waals surface area contributed by atoms with Gasteiger partial charge in [-0.05, 0) is 24.3 Å². The summed E-state index contributed by atoms with van der Waals surface area (Å²) >= 11 is 2.07. The number of morpholine rings is 1. The molecule has 0 spiro atoms. The maximum atomic E-state index is 10.3. The molecule has 0 atom stereocenters. The third-order valence-corrected chi connectivity index (χ3v) is 6.59. The zero-order valence-electron chi connectivity index (χ0n) is 25.9. The van der Waals surface area contributed by atoms with Gasteiger partial charge in [-0.3, -0.25) is 45.8 Å². The highest BCUT2D eigenvalue weighted by Gasteiger charge is 2.16. The minimum Gasteiger partial charge on any atom is -0.379 e. The number of hydrogen-bond acceptors (Lipinski definition) is 15. The average molecular weight is 681 g/mol. The molecule has 0 aromatic heterocycles. The molecule has 7 aliphatic rings. The van der Waals surface area contributed by atoms with Gasteiger partial charge in [0.25, 0.3) is 0 Å². The maximum absolute atomic E-state index is 10.3. The number of rotatable bonds is 0. The van der Waals surface area contributed by atoms with Crippen molar-refractivity contribution in [1.82, 2.24) is 53.2 Å². The van der Waals surface area contributed by atoms with Crippen LogP contribution in [0.4, 0.5) is 9.59 Å². The quantitative estimate of drug-likeness (QED) is 0.0671. The Labute approximate surface area is 271 Å². The lowest BCUT2D eigenvalue weighted by atomic mass is 10.3. The molecule has 0 radical (unpaired) electrons. The molecule has 7 fully saturated rings. The van der Waals surface area contributed by atoms with E-state index in [0.29, 0.717) is 39.3 Å². The highest BCUT2D eigenvalue weighted by Crippen LogP contribution is 2.14. The van der Waals surface area contributed by atoms with Gasteiger partial charge in [0.05, 0.1) is 33.0 Å². The van der Waals surface area contributed by atoms with E-state index < -0.39 is 17.8 Å². The second-order valence-electron chi connectivity index (χ2n) is 9.32. The van der Waals surface area contributed by atoms with E-state index in [-0.39, 0.29) is 24.4 Å². The van der Waals surface area contributed by atoms with E-state index in [1.165, 1.54) is 24.3 Å². The minimum atomic E-state index is -0.531. The van der Waals surface area contributed by atoms with Crippen molar-refractivity contribution in [2.24, 2.45) is 0 Å². The van der Waals surface area contributed by atoms with Crippen LogP contribution < -0.4 is 53.2 Å². The Balaban J connectivity index is 0.000000270. The monoisotopic (exact) mass is 680 g/mol. The molecule has 7 aliphatic heterocycles. The van der Waals surface area contributed by atoms with Crippen molar-refractivity contribution in [3.05, 3.63) is 0 Å². The fourth-order valence-corrected chi connectivity index (χ4v) is 4.19. The van der Waals surface area contributed by atoms with Gasteiger partial charge in [-0.25, -0.2) is 19.4 Å². The number of ether oxygens (including phenoxy) is 1. The van der Waals surface area contributed by atoms with Crippen LogP contribution in [0.25, 0.3) is 0 Å². The summed E-state index contributed by atoms with van der Waals surface area (Å²) in [5, 5.41) is 30.0. The zero-order valence-corrected chi connectivity index (χ0v) is 26.7. The SMILES string of the molecule is C1CCSC1.C1COCCN1.C1COOOC1.C1NCNCN1.O=C1CCNC(=O)N1.O=C1CNC(=O)N1.O=C1NCCNC1=O. The summed E-state index contributed by atoms with van der Waals surface area (Å²) in [6.45, 7) is 9.63. The summed E-state index contributed by atoms with van der Waals surface area (Å²) in [4.78, 5) is 69.8. The highest BCUT2D eigenvalue weighted by molar-refractivity contribution is 7.99. The standard InChI is InChI=1S/2C4H6N2O2.C4H9NO.C4H8S.C3H9N3.C3H4N2O2.C3H6O3/c7-3-4(8)6-2-1-5-3;7-3-1-2-5-4(8)6-3;1-3-6-4-2-5-1;1-2-4-5-3-1;1-4-2-6-3-5-1;6-2-1-4-3(7)5-2;1-2-4-6-5-3-1/h1-2H2,(H,5,7)(H,6,8);1-2H2,(H2,5,6,7,8);5H,1-4H2;1-4H2;4-6H,1-3H2;1H2,(H2,4,5,6,7);1-3H2. The van der Waals surface area contributed by atoms with Crippen molar-refractivity contribution in [2.75, 3.05) is 97.2 Å². The first-order chi connectivity index (χ1) is 22.4. The van der Waals surface area contributed by atoms with Gasteiger partial charge in [0, 0.05) is 65.6 Å². The van der Waals surface area contributed by atoms with Gasteiger partial charge in [-0.15, -0.1) is 0 Å². The van der Waals surface area contributed by atoms with Crippen LogP contribution >= 0.6 is 11.8 Å². The number of thioether (sulfide) groups is 1. The van der Waals surface area contributed by atoms with Crippen LogP contribution in [0.1, 0.15) is 25.7 Å². The summed E-state index contributed by atoms with van der Waals surface area (Å²) < 4.78 is 5.01. The third kappa shape index (κ3) is 26.1. The lowest BCUT2D eigenvalue weighted by Gasteiger charge is -2.13. The molecular weight excluding hydrogens is 632 g/mol. The van der Waals surface area contributed by atoms with Crippen molar-refractivity contribution in [1.29, 1.82) is 0 Å². The van der Waals surface area contributed by atoms with Crippen LogP contribution in [0.5, 0.6) is 0 Å². The van der Waals surface area contributed by atoms with Gasteiger partial charge < -0.3 is 31.3 Å². The maximum Gasteiger partial charge on any atom is 0.321 e. The van der Waals surface area contributed by atoms with Crippen molar-refractivity contribution < 1.29 is 48.3 Å². The Kier molecular flexibility index (Phi) is 26.0. The highest BCUT2D eigenvalue weighted by atomic mass is 32.2. The van der Waals surface area contributed by atoms with Crippen LogP contribution in [-0.2, 0) is 38.7 Å². The van der Waals surface area contributed by atoms with Crippen molar-refractivity contribution >= 4 is 47.5 Å². The van der Waals surface area contributed by atoms with Crippen LogP contribution in [0, 0.1) is 0 Å². The fourth-order valence-electron chi connectivity index (χ4n) is 3.17. The van der Waals surface area contributed by atoms with Gasteiger partial charge in [-0.2, -0.15) is 11.8 Å². The summed E-state index contributed by atoms with van der Waals surface area (Å²) in [5.74, 6) is 1.31. The molecule has 8 amide bonds. The second-order valence-corrected chi connectivity index (χ2v) is 10.5. The molecular formula is C25H48N10O10S. The molecule has 7 rings (SSSR count). The number of carbonyl (C=O) groups excluding carboxylic acids is 6. The molecule has 0 bridgehead atoms. The number of hydrogen-bond donors (Lipinski definition) is 10. The first-order valence-corrected chi connectivity index (χ1v) is 16.1. The number of urea groups is 2. The van der Waals surface area contributed by atoms with Crippen molar-refractivity contribution in [3.8, 4) is 0 Å². The molecule has 21 heteroatoms. The molecule has 10 N–H and O–H groups in total. The van der Waals surface area contributed by atoms with Crippen LogP contribution in [0.15, 0.2) is 0 Å². The Bertz CT molecular complexity index is 775. The van der Waals surface area contributed by atoms with Gasteiger partial charge in [0.2, 0.25) is 11.8 Å². The number of amides is 8. The van der Waals surface area contributed by atoms with E-state index in [9.17, 15) is 28.8 Å². The Morgan fingerprint density at radius 2 is 1.07 bits per heavy atom. The van der Waals surface area contributed by atoms with E-state index in [1.54, 1.807) is 0 Å². The van der Waals surface area contributed by atoms with E-state index in [1.807, 2.05) is 5.32 Å². The third-order valence-electron chi connectivity index (χ3n) is 5.43. The first kappa shape index (κ1) is 40.9. The van der Waals surface area contributed by atoms with Crippen molar-refractivity contribution in [2.45, 2.75) is 25.7 Å². The molecule has 0 saturated carbocycles. The Morgan fingerprint density at radius 3 is 1.28 bits per heavy atom. The van der Waals surface area contributed by atoms with Crippen molar-refractivity contribution in [3.63, 3.8) is 0 Å². The van der Waals surface area contributed by atoms with E-state index in [2.05, 4.69) is 74.4 Å². The largest absolute Gasteiger partial charge is 0.379 e. The predicted molar refractivity (Wildman–Crippen MR) is 166 cm³/mol. The Morgan fingerprint density at radius 1 is 0.522 bits per heavy atom. The van der Waals surface area contributed by atoms with Gasteiger partial charge >= 0.3 is 23.9 Å². The topological polar surface area (TPSA) is 260 Å². The number of piperazine rings is 1. The molecule has 0 aromatic carbocycles. The lowest BCUT2D eigenvalue weighted by molar-refractivity contribution is -0.532. The predicted octanol–water partition coefficient (Wildman–Crippen LogP) is -3.70. The minimum absolute atomic E-state index is 0.124. The molecule has 0 aromatic rings. The normalized spacial score (nSPS) is 21.7. The first-order valence-electron chi connectivity index (χ1n) is 15.0. The summed E-state index contributed by atoms with van der Waals surface area (Å²) in [6, 6.07) is -0.786. The molecule has 0 aliphatic carbocycles. The molecule has 46 heavy (non-hydrogen) atoms. The van der Waals surface area contributed by atoms with Crippen LogP contribution in [0.3, 0.4) is 0 Å². The zero-order chi connectivity index (χ0) is 33.5. The fraction of sp³-hybridized carbons (Fsp3) is 0.760. The summed E-state index contributed by atoms with van der Waals surface area (Å²) in [5.41, 5.74) is 0. The smallest absolute Gasteiger partial charge is 0.321 e. The number of nitrogens with one attached hydrogen (secondary N) is 10. The van der Waals surface area contributed by atoms with E-state index in [0.717, 1.165) is 52.7 Å². The molecule has 264 valence electrons. The van der Waals surface area contributed by atoms with Crippen LogP contribution in [0.2, 0.25) is 0 Å². The molecule has 20 nitrogen and oxygen atoms in total. The lowest BCUT2D eigenvalue weighted by Crippen LogP contribution is -2.49. The molecule has 7 saturated heterocycles. The van der Waals surface area contributed by atoms with Gasteiger partial charge in [-0.1, -0.05) is 5.04 Å². The van der Waals surface area contributed by atoms with E-state index in [4.69, 9.17) is 4.74 Å².